The first-order valence-corrected chi connectivity index (χ1v) is 7.20. The van der Waals surface area contributed by atoms with E-state index in [-0.39, 0.29) is 18.0 Å². The van der Waals surface area contributed by atoms with Crippen LogP contribution in [0.15, 0.2) is 29.1 Å². The molecule has 0 radical (unpaired) electrons. The molecule has 0 fully saturated rings. The van der Waals surface area contributed by atoms with Crippen molar-refractivity contribution >= 4 is 22.5 Å². The number of fused-ring (bicyclic) bond motifs is 1. The number of H-pyrrole nitrogens is 1. The van der Waals surface area contributed by atoms with E-state index < -0.39 is 0 Å². The molecule has 5 heteroatoms. The molecular weight excluding hydrogens is 266 g/mol. The van der Waals surface area contributed by atoms with Gasteiger partial charge in [0.15, 0.2) is 0 Å². The number of anilines is 1. The highest BCUT2D eigenvalue weighted by atomic mass is 16.2. The number of carbonyl (C=O) groups excluding carboxylic acids is 1. The average molecular weight is 287 g/mol. The van der Waals surface area contributed by atoms with Crippen molar-refractivity contribution in [3.8, 4) is 0 Å². The number of nitrogens with one attached hydrogen (secondary N) is 2. The van der Waals surface area contributed by atoms with Crippen molar-refractivity contribution in [2.45, 2.75) is 20.8 Å². The third kappa shape index (κ3) is 3.49. The molecule has 1 heterocycles. The first kappa shape index (κ1) is 15.3. The van der Waals surface area contributed by atoms with Gasteiger partial charge in [-0.25, -0.2) is 0 Å². The van der Waals surface area contributed by atoms with Crippen molar-refractivity contribution in [1.29, 1.82) is 0 Å². The van der Waals surface area contributed by atoms with Crippen LogP contribution >= 0.6 is 0 Å². The van der Waals surface area contributed by atoms with Crippen LogP contribution in [0.4, 0.5) is 5.69 Å². The van der Waals surface area contributed by atoms with Crippen molar-refractivity contribution in [3.63, 3.8) is 0 Å². The number of aromatic amines is 1. The minimum atomic E-state index is -0.273. The number of aryl methyl sites for hydroxylation is 1. The molecule has 1 aromatic heterocycles. The number of carbonyl (C=O) groups is 1. The molecule has 2 N–H and O–H groups in total. The number of hydrogen-bond acceptors (Lipinski definition) is 3. The highest BCUT2D eigenvalue weighted by Gasteiger charge is 2.10. The number of likely N-dealkylation sites (N-methyl/N-ethyl adjacent to an activating group) is 1. The van der Waals surface area contributed by atoms with E-state index in [0.29, 0.717) is 5.69 Å². The van der Waals surface area contributed by atoms with Crippen LogP contribution in [0.5, 0.6) is 0 Å². The van der Waals surface area contributed by atoms with E-state index in [0.717, 1.165) is 29.6 Å². The van der Waals surface area contributed by atoms with Gasteiger partial charge in [-0.2, -0.15) is 0 Å². The lowest BCUT2D eigenvalue weighted by molar-refractivity contribution is -0.117. The minimum absolute atomic E-state index is 0.170. The summed E-state index contributed by atoms with van der Waals surface area (Å²) in [7, 11) is 0. The number of nitrogens with zero attached hydrogens (tertiary/aromatic N) is 1. The van der Waals surface area contributed by atoms with Crippen LogP contribution in [0.3, 0.4) is 0 Å². The van der Waals surface area contributed by atoms with Gasteiger partial charge < -0.3 is 10.3 Å². The highest BCUT2D eigenvalue weighted by Crippen LogP contribution is 2.16. The second-order valence-electron chi connectivity index (χ2n) is 5.06. The molecule has 0 aliphatic heterocycles. The molecule has 0 saturated carbocycles. The van der Waals surface area contributed by atoms with Crippen LogP contribution < -0.4 is 10.9 Å². The molecule has 0 aliphatic rings. The quantitative estimate of drug-likeness (QED) is 0.885. The molecule has 0 aliphatic carbocycles. The second kappa shape index (κ2) is 6.54. The van der Waals surface area contributed by atoms with Gasteiger partial charge in [0.05, 0.1) is 12.1 Å². The van der Waals surface area contributed by atoms with Gasteiger partial charge in [-0.1, -0.05) is 32.0 Å². The summed E-state index contributed by atoms with van der Waals surface area (Å²) in [5.41, 5.74) is 1.84. The fourth-order valence-corrected chi connectivity index (χ4v) is 2.32. The molecule has 21 heavy (non-hydrogen) atoms. The summed E-state index contributed by atoms with van der Waals surface area (Å²) >= 11 is 0. The van der Waals surface area contributed by atoms with Gasteiger partial charge in [-0.15, -0.1) is 0 Å². The molecule has 0 unspecified atom stereocenters. The van der Waals surface area contributed by atoms with E-state index in [9.17, 15) is 9.59 Å². The van der Waals surface area contributed by atoms with Gasteiger partial charge in [0.25, 0.3) is 5.56 Å². The lowest BCUT2D eigenvalue weighted by atomic mass is 10.1. The standard InChI is InChI=1S/C16H21N3O2/c1-4-19(5-2)10-14(20)17-13-9-12-8-6-7-11(3)15(12)18-16(13)21/h6-9H,4-5,10H2,1-3H3,(H,17,20)(H,18,21). The van der Waals surface area contributed by atoms with Crippen LogP contribution in [0.25, 0.3) is 10.9 Å². The van der Waals surface area contributed by atoms with Crippen molar-refractivity contribution < 1.29 is 4.79 Å². The Bertz CT molecular complexity index is 702. The van der Waals surface area contributed by atoms with E-state index in [4.69, 9.17) is 0 Å². The van der Waals surface area contributed by atoms with E-state index in [1.165, 1.54) is 0 Å². The number of aromatic nitrogens is 1. The Morgan fingerprint density at radius 2 is 2.00 bits per heavy atom. The molecule has 0 spiro atoms. The van der Waals surface area contributed by atoms with Gasteiger partial charge in [0, 0.05) is 5.39 Å². The molecule has 0 saturated heterocycles. The number of hydrogen-bond donors (Lipinski definition) is 2. The highest BCUT2D eigenvalue weighted by molar-refractivity contribution is 5.94. The zero-order valence-corrected chi connectivity index (χ0v) is 12.7. The first-order chi connectivity index (χ1) is 10.0. The van der Waals surface area contributed by atoms with Crippen LogP contribution in [-0.2, 0) is 4.79 Å². The lowest BCUT2D eigenvalue weighted by Crippen LogP contribution is -2.34. The molecule has 1 aromatic carbocycles. The molecule has 112 valence electrons. The van der Waals surface area contributed by atoms with Gasteiger partial charge in [-0.3, -0.25) is 14.5 Å². The summed E-state index contributed by atoms with van der Waals surface area (Å²) in [5.74, 6) is -0.170. The summed E-state index contributed by atoms with van der Waals surface area (Å²) < 4.78 is 0. The monoisotopic (exact) mass is 287 g/mol. The largest absolute Gasteiger partial charge is 0.320 e. The Hall–Kier alpha value is -2.14. The fourth-order valence-electron chi connectivity index (χ4n) is 2.32. The number of pyridine rings is 1. The molecular formula is C16H21N3O2. The summed E-state index contributed by atoms with van der Waals surface area (Å²) in [6, 6.07) is 7.51. The molecule has 0 bridgehead atoms. The SMILES string of the molecule is CCN(CC)CC(=O)Nc1cc2cccc(C)c2[nH]c1=O. The number of amides is 1. The topological polar surface area (TPSA) is 65.2 Å². The maximum Gasteiger partial charge on any atom is 0.272 e. The maximum absolute atomic E-state index is 12.1. The summed E-state index contributed by atoms with van der Waals surface area (Å²) in [6.07, 6.45) is 0. The van der Waals surface area contributed by atoms with Crippen molar-refractivity contribution in [1.82, 2.24) is 9.88 Å². The third-order valence-corrected chi connectivity index (χ3v) is 3.62. The zero-order valence-electron chi connectivity index (χ0n) is 12.7. The van der Waals surface area contributed by atoms with Crippen molar-refractivity contribution in [2.75, 3.05) is 25.0 Å². The van der Waals surface area contributed by atoms with Gasteiger partial charge in [0.1, 0.15) is 5.69 Å². The van der Waals surface area contributed by atoms with E-state index in [1.54, 1.807) is 6.07 Å². The normalized spacial score (nSPS) is 11.0. The second-order valence-corrected chi connectivity index (χ2v) is 5.06. The van der Waals surface area contributed by atoms with E-state index in [1.807, 2.05) is 43.9 Å². The van der Waals surface area contributed by atoms with Gasteiger partial charge in [-0.05, 0) is 31.6 Å². The number of rotatable bonds is 5. The Labute approximate surface area is 124 Å². The third-order valence-electron chi connectivity index (χ3n) is 3.62. The maximum atomic E-state index is 12.1. The fraction of sp³-hybridized carbons (Fsp3) is 0.375. The molecule has 2 rings (SSSR count). The lowest BCUT2D eigenvalue weighted by Gasteiger charge is -2.17. The summed E-state index contributed by atoms with van der Waals surface area (Å²) in [5, 5.41) is 3.61. The Morgan fingerprint density at radius 3 is 2.67 bits per heavy atom. The van der Waals surface area contributed by atoms with Crippen LogP contribution in [0.1, 0.15) is 19.4 Å². The van der Waals surface area contributed by atoms with Crippen LogP contribution in [-0.4, -0.2) is 35.4 Å². The summed E-state index contributed by atoms with van der Waals surface area (Å²) in [6.45, 7) is 7.84. The predicted octanol–water partition coefficient (Wildman–Crippen LogP) is 2.12. The minimum Gasteiger partial charge on any atom is -0.320 e. The predicted molar refractivity (Wildman–Crippen MR) is 85.7 cm³/mol. The van der Waals surface area contributed by atoms with Crippen molar-refractivity contribution in [2.24, 2.45) is 0 Å². The molecule has 0 atom stereocenters. The summed E-state index contributed by atoms with van der Waals surface area (Å²) in [4.78, 5) is 28.9. The Kier molecular flexibility index (Phi) is 4.75. The van der Waals surface area contributed by atoms with Crippen molar-refractivity contribution in [3.05, 3.63) is 40.2 Å². The van der Waals surface area contributed by atoms with Crippen LogP contribution in [0.2, 0.25) is 0 Å². The van der Waals surface area contributed by atoms with E-state index >= 15 is 0 Å². The smallest absolute Gasteiger partial charge is 0.272 e. The Balaban J connectivity index is 2.25. The number of benzene rings is 1. The van der Waals surface area contributed by atoms with E-state index in [2.05, 4.69) is 10.3 Å². The van der Waals surface area contributed by atoms with Gasteiger partial charge in [0.2, 0.25) is 5.91 Å². The van der Waals surface area contributed by atoms with Gasteiger partial charge >= 0.3 is 0 Å². The molecule has 1 amide bonds. The molecule has 5 nitrogen and oxygen atoms in total. The molecule has 2 aromatic rings. The Morgan fingerprint density at radius 1 is 1.29 bits per heavy atom. The first-order valence-electron chi connectivity index (χ1n) is 7.20. The average Bonchev–Trinajstić information content (AvgIpc) is 2.46. The zero-order chi connectivity index (χ0) is 15.4. The van der Waals surface area contributed by atoms with Crippen LogP contribution in [0, 0.1) is 6.92 Å². The number of para-hydroxylation sites is 1.